The maximum Gasteiger partial charge on any atom is 0.261 e. The highest BCUT2D eigenvalue weighted by Gasteiger charge is 2.14. The zero-order valence-corrected chi connectivity index (χ0v) is 10.3. The van der Waals surface area contributed by atoms with Crippen LogP contribution in [0.25, 0.3) is 0 Å². The molecule has 0 saturated heterocycles. The maximum absolute atomic E-state index is 13.7. The van der Waals surface area contributed by atoms with Crippen molar-refractivity contribution in [1.82, 2.24) is 10.3 Å². The van der Waals surface area contributed by atoms with Gasteiger partial charge in [-0.25, -0.2) is 18.2 Å². The molecule has 1 rings (SSSR count). The van der Waals surface area contributed by atoms with Gasteiger partial charge < -0.3 is 15.4 Å². The smallest absolute Gasteiger partial charge is 0.261 e. The first-order valence-electron chi connectivity index (χ1n) is 5.52. The van der Waals surface area contributed by atoms with Gasteiger partial charge in [-0.05, 0) is 6.07 Å². The number of hydrogen-bond acceptors (Lipinski definition) is 4. The molecule has 0 saturated carbocycles. The van der Waals surface area contributed by atoms with Crippen molar-refractivity contribution in [3.05, 3.63) is 23.6 Å². The van der Waals surface area contributed by atoms with Gasteiger partial charge in [0.05, 0.1) is 12.2 Å². The third kappa shape index (κ3) is 4.74. The summed E-state index contributed by atoms with van der Waals surface area (Å²) in [7, 11) is 1.48. The van der Waals surface area contributed by atoms with Crippen molar-refractivity contribution in [3.63, 3.8) is 0 Å². The Hall–Kier alpha value is -1.83. The molecule has 0 spiro atoms. The molecular formula is C11H14F3N3O2. The fourth-order valence-corrected chi connectivity index (χ4v) is 1.30. The molecule has 0 radical (unpaired) electrons. The molecule has 0 bridgehead atoms. The second-order valence-electron chi connectivity index (χ2n) is 3.49. The number of aromatic nitrogens is 1. The van der Waals surface area contributed by atoms with Gasteiger partial charge in [0.15, 0.2) is 11.6 Å². The molecule has 0 aliphatic heterocycles. The minimum Gasteiger partial charge on any atom is -0.374 e. The van der Waals surface area contributed by atoms with Crippen molar-refractivity contribution in [2.45, 2.75) is 6.43 Å². The van der Waals surface area contributed by atoms with E-state index < -0.39 is 24.8 Å². The molecule has 8 heteroatoms. The number of nitrogens with zero attached hydrogens (tertiary/aromatic N) is 1. The lowest BCUT2D eigenvalue weighted by atomic mass is 10.2. The van der Waals surface area contributed by atoms with E-state index >= 15 is 0 Å². The zero-order chi connectivity index (χ0) is 14.3. The number of pyridine rings is 1. The van der Waals surface area contributed by atoms with Gasteiger partial charge >= 0.3 is 0 Å². The number of alkyl halides is 2. The highest BCUT2D eigenvalue weighted by Crippen LogP contribution is 2.13. The number of rotatable bonds is 7. The summed E-state index contributed by atoms with van der Waals surface area (Å²) in [6, 6.07) is 1.23. The lowest BCUT2D eigenvalue weighted by Crippen LogP contribution is -2.28. The summed E-state index contributed by atoms with van der Waals surface area (Å²) in [6.07, 6.45) is -1.26. The van der Waals surface area contributed by atoms with Gasteiger partial charge in [0.25, 0.3) is 12.3 Å². The number of nitrogens with one attached hydrogen (secondary N) is 2. The largest absolute Gasteiger partial charge is 0.374 e. The number of ether oxygens (including phenoxy) is 1. The summed E-state index contributed by atoms with van der Waals surface area (Å²) in [5.74, 6) is -1.46. The maximum atomic E-state index is 13.7. The molecule has 0 aromatic carbocycles. The Morgan fingerprint density at radius 2 is 2.26 bits per heavy atom. The minimum absolute atomic E-state index is 0.0161. The molecule has 106 valence electrons. The van der Waals surface area contributed by atoms with Crippen LogP contribution >= 0.6 is 0 Å². The molecule has 0 aliphatic rings. The number of halogens is 3. The minimum atomic E-state index is -2.55. The second kappa shape index (κ2) is 7.57. The molecule has 1 aromatic rings. The molecule has 19 heavy (non-hydrogen) atoms. The Morgan fingerprint density at radius 3 is 2.89 bits per heavy atom. The molecule has 0 aliphatic carbocycles. The van der Waals surface area contributed by atoms with Gasteiger partial charge in [-0.3, -0.25) is 4.79 Å². The Kier molecular flexibility index (Phi) is 6.07. The van der Waals surface area contributed by atoms with Crippen molar-refractivity contribution in [2.24, 2.45) is 0 Å². The van der Waals surface area contributed by atoms with E-state index in [9.17, 15) is 18.0 Å². The van der Waals surface area contributed by atoms with Crippen LogP contribution in [-0.4, -0.2) is 44.1 Å². The molecular weight excluding hydrogens is 263 g/mol. The van der Waals surface area contributed by atoms with Crippen LogP contribution in [0.1, 0.15) is 10.4 Å². The van der Waals surface area contributed by atoms with Crippen LogP contribution in [0, 0.1) is 5.82 Å². The molecule has 2 N–H and O–H groups in total. The summed E-state index contributed by atoms with van der Waals surface area (Å²) < 4.78 is 41.8. The van der Waals surface area contributed by atoms with Gasteiger partial charge in [-0.1, -0.05) is 0 Å². The summed E-state index contributed by atoms with van der Waals surface area (Å²) in [6.45, 7) is -0.743. The van der Waals surface area contributed by atoms with Gasteiger partial charge in [0, 0.05) is 19.8 Å². The Bertz CT molecular complexity index is 430. The van der Waals surface area contributed by atoms with Crippen LogP contribution in [0.4, 0.5) is 19.0 Å². The summed E-state index contributed by atoms with van der Waals surface area (Å²) in [4.78, 5) is 15.3. The van der Waals surface area contributed by atoms with Crippen molar-refractivity contribution in [3.8, 4) is 0 Å². The third-order valence-electron chi connectivity index (χ3n) is 2.15. The fraction of sp³-hybridized carbons (Fsp3) is 0.455. The number of carbonyl (C=O) groups is 1. The van der Waals surface area contributed by atoms with Gasteiger partial charge in [0.1, 0.15) is 6.61 Å². The van der Waals surface area contributed by atoms with Crippen molar-refractivity contribution >= 4 is 11.7 Å². The van der Waals surface area contributed by atoms with E-state index in [0.29, 0.717) is 0 Å². The predicted molar refractivity (Wildman–Crippen MR) is 62.9 cm³/mol. The van der Waals surface area contributed by atoms with Crippen LogP contribution in [0.3, 0.4) is 0 Å². The second-order valence-corrected chi connectivity index (χ2v) is 3.49. The van der Waals surface area contributed by atoms with E-state index in [1.807, 2.05) is 0 Å². The molecule has 0 atom stereocenters. The third-order valence-corrected chi connectivity index (χ3v) is 2.15. The quantitative estimate of drug-likeness (QED) is 0.737. The van der Waals surface area contributed by atoms with E-state index in [-0.39, 0.29) is 24.5 Å². The van der Waals surface area contributed by atoms with Crippen molar-refractivity contribution in [1.29, 1.82) is 0 Å². The normalized spacial score (nSPS) is 10.6. The first-order valence-corrected chi connectivity index (χ1v) is 5.52. The van der Waals surface area contributed by atoms with Gasteiger partial charge in [-0.2, -0.15) is 0 Å². The lowest BCUT2D eigenvalue weighted by molar-refractivity contribution is 0.0188. The standard InChI is InChI=1S/C11H14F3N3O2/c1-15-10-9(14)7(2-3-16-10)11(18)17-4-5-19-6-8(12)13/h2-3,8H,4-6H2,1H3,(H,15,16)(H,17,18). The first kappa shape index (κ1) is 15.2. The van der Waals surface area contributed by atoms with Crippen LogP contribution in [0.5, 0.6) is 0 Å². The number of hydrogen-bond donors (Lipinski definition) is 2. The average Bonchev–Trinajstić information content (AvgIpc) is 2.38. The molecule has 5 nitrogen and oxygen atoms in total. The van der Waals surface area contributed by atoms with Crippen LogP contribution < -0.4 is 10.6 Å². The monoisotopic (exact) mass is 277 g/mol. The number of amides is 1. The zero-order valence-electron chi connectivity index (χ0n) is 10.3. The van der Waals surface area contributed by atoms with Crippen molar-refractivity contribution < 1.29 is 22.7 Å². The van der Waals surface area contributed by atoms with E-state index in [2.05, 4.69) is 20.4 Å². The van der Waals surface area contributed by atoms with E-state index in [1.165, 1.54) is 19.3 Å². The Labute approximate surface area is 108 Å². The predicted octanol–water partition coefficient (Wildman–Crippen LogP) is 1.27. The molecule has 1 aromatic heterocycles. The summed E-state index contributed by atoms with van der Waals surface area (Å²) in [5.41, 5.74) is -0.173. The molecule has 0 unspecified atom stereocenters. The van der Waals surface area contributed by atoms with Crippen molar-refractivity contribution in [2.75, 3.05) is 32.1 Å². The fourth-order valence-electron chi connectivity index (χ4n) is 1.30. The molecule has 0 fully saturated rings. The van der Waals surface area contributed by atoms with Crippen LogP contribution in [0.2, 0.25) is 0 Å². The average molecular weight is 277 g/mol. The van der Waals surface area contributed by atoms with E-state index in [1.54, 1.807) is 0 Å². The number of carbonyl (C=O) groups excluding carboxylic acids is 1. The first-order chi connectivity index (χ1) is 9.06. The Balaban J connectivity index is 2.46. The highest BCUT2D eigenvalue weighted by molar-refractivity contribution is 5.95. The molecule has 1 heterocycles. The van der Waals surface area contributed by atoms with Gasteiger partial charge in [-0.15, -0.1) is 0 Å². The van der Waals surface area contributed by atoms with Crippen LogP contribution in [0.15, 0.2) is 12.3 Å². The Morgan fingerprint density at radius 1 is 1.53 bits per heavy atom. The van der Waals surface area contributed by atoms with Crippen LogP contribution in [-0.2, 0) is 4.74 Å². The number of anilines is 1. The highest BCUT2D eigenvalue weighted by atomic mass is 19.3. The topological polar surface area (TPSA) is 63.2 Å². The lowest BCUT2D eigenvalue weighted by Gasteiger charge is -2.08. The molecule has 1 amide bonds. The van der Waals surface area contributed by atoms with Gasteiger partial charge in [0.2, 0.25) is 0 Å². The van der Waals surface area contributed by atoms with E-state index in [0.717, 1.165) is 0 Å². The SMILES string of the molecule is CNc1nccc(C(=O)NCCOCC(F)F)c1F. The van der Waals surface area contributed by atoms with E-state index in [4.69, 9.17) is 0 Å². The summed E-state index contributed by atoms with van der Waals surface area (Å²) in [5, 5.41) is 4.87. The summed E-state index contributed by atoms with van der Waals surface area (Å²) >= 11 is 0.